The Kier molecular flexibility index (Phi) is 3.60. The second-order valence-corrected chi connectivity index (χ2v) is 6.50. The van der Waals surface area contributed by atoms with Gasteiger partial charge in [0.2, 0.25) is 0 Å². The number of aromatic nitrogens is 4. The first kappa shape index (κ1) is 15.5. The van der Waals surface area contributed by atoms with Crippen molar-refractivity contribution in [1.29, 1.82) is 0 Å². The Morgan fingerprint density at radius 1 is 1.24 bits per heavy atom. The van der Waals surface area contributed by atoms with Crippen LogP contribution in [-0.4, -0.2) is 24.3 Å². The molecule has 0 aliphatic heterocycles. The predicted molar refractivity (Wildman–Crippen MR) is 96.4 cm³/mol. The summed E-state index contributed by atoms with van der Waals surface area (Å²) in [6, 6.07) is 7.49. The van der Waals surface area contributed by atoms with Gasteiger partial charge in [0, 0.05) is 24.0 Å². The summed E-state index contributed by atoms with van der Waals surface area (Å²) in [5, 5.41) is 17.6. The molecule has 2 N–H and O–H groups in total. The van der Waals surface area contributed by atoms with Gasteiger partial charge in [-0.15, -0.1) is 0 Å². The van der Waals surface area contributed by atoms with Gasteiger partial charge < -0.3 is 10.2 Å². The topological polar surface area (TPSA) is 74.8 Å². The fourth-order valence-corrected chi connectivity index (χ4v) is 3.31. The van der Waals surface area contributed by atoms with Crippen LogP contribution < -0.4 is 5.43 Å². The molecule has 0 fully saturated rings. The number of hydrogen-bond acceptors (Lipinski definition) is 3. The van der Waals surface area contributed by atoms with E-state index in [2.05, 4.69) is 10.2 Å². The molecule has 25 heavy (non-hydrogen) atoms. The lowest BCUT2D eigenvalue weighted by Crippen LogP contribution is -2.14. The summed E-state index contributed by atoms with van der Waals surface area (Å²) in [5.74, 6) is 0.296. The molecule has 4 aromatic heterocycles. The van der Waals surface area contributed by atoms with E-state index in [9.17, 15) is 9.90 Å². The molecule has 0 bridgehead atoms. The molecule has 6 nitrogen and oxygen atoms in total. The Balaban J connectivity index is 1.67. The molecule has 6 heteroatoms. The lowest BCUT2D eigenvalue weighted by molar-refractivity contribution is 0.464. The zero-order valence-electron chi connectivity index (χ0n) is 14.2. The molecule has 4 heterocycles. The lowest BCUT2D eigenvalue weighted by atomic mass is 9.97. The summed E-state index contributed by atoms with van der Waals surface area (Å²) in [5.41, 5.74) is 4.42. The van der Waals surface area contributed by atoms with Crippen molar-refractivity contribution in [3.63, 3.8) is 0 Å². The number of aromatic hydroxyl groups is 1. The smallest absolute Gasteiger partial charge is 0.185 e. The third-order valence-electron chi connectivity index (χ3n) is 4.72. The first-order valence-corrected chi connectivity index (χ1v) is 8.45. The lowest BCUT2D eigenvalue weighted by Gasteiger charge is -2.09. The molecule has 1 atom stereocenters. The van der Waals surface area contributed by atoms with Crippen molar-refractivity contribution < 1.29 is 5.11 Å². The average molecular weight is 336 g/mol. The minimum absolute atomic E-state index is 0.0388. The van der Waals surface area contributed by atoms with E-state index in [0.29, 0.717) is 6.42 Å². The maximum Gasteiger partial charge on any atom is 0.185 e. The van der Waals surface area contributed by atoms with Crippen molar-refractivity contribution in [1.82, 2.24) is 19.2 Å². The van der Waals surface area contributed by atoms with E-state index in [1.165, 1.54) is 0 Å². The molecule has 0 aliphatic carbocycles. The Morgan fingerprint density at radius 2 is 2.08 bits per heavy atom. The highest BCUT2D eigenvalue weighted by Crippen LogP contribution is 2.23. The van der Waals surface area contributed by atoms with Crippen molar-refractivity contribution in [2.45, 2.75) is 32.6 Å². The molecule has 4 aromatic rings. The zero-order chi connectivity index (χ0) is 17.6. The van der Waals surface area contributed by atoms with Crippen molar-refractivity contribution in [3.05, 3.63) is 69.9 Å². The van der Waals surface area contributed by atoms with Crippen molar-refractivity contribution in [3.8, 4) is 5.75 Å². The second-order valence-electron chi connectivity index (χ2n) is 6.50. The van der Waals surface area contributed by atoms with E-state index in [-0.39, 0.29) is 17.1 Å². The standard InChI is InChI=1S/C19H20N4O2/c1-3-13-7-16-8-14(21-23(16)11-19(13)25)6-12(2)17-10-22-15(4-5-20-22)9-18(17)24/h4-5,7-12,20,25H,3,6H2,1-2H3. The van der Waals surface area contributed by atoms with Crippen molar-refractivity contribution in [2.24, 2.45) is 0 Å². The third-order valence-corrected chi connectivity index (χ3v) is 4.72. The van der Waals surface area contributed by atoms with E-state index in [1.54, 1.807) is 16.8 Å². The highest BCUT2D eigenvalue weighted by molar-refractivity contribution is 5.53. The number of fused-ring (bicyclic) bond motifs is 2. The fourth-order valence-electron chi connectivity index (χ4n) is 3.31. The quantitative estimate of drug-likeness (QED) is 0.602. The monoisotopic (exact) mass is 336 g/mol. The SMILES string of the molecule is CCc1cc2cc(CC(C)c3cn4[nH]ccc4cc3=O)nn2cc1O. The minimum atomic E-state index is 0.0388. The summed E-state index contributed by atoms with van der Waals surface area (Å²) in [6.07, 6.45) is 6.74. The van der Waals surface area contributed by atoms with Crippen LogP contribution in [0.1, 0.15) is 36.6 Å². The molecular weight excluding hydrogens is 316 g/mol. The van der Waals surface area contributed by atoms with Gasteiger partial charge in [0.15, 0.2) is 5.43 Å². The average Bonchev–Trinajstić information content (AvgIpc) is 3.18. The van der Waals surface area contributed by atoms with E-state index in [0.717, 1.165) is 34.3 Å². The third kappa shape index (κ3) is 2.69. The number of aromatic amines is 1. The number of pyridine rings is 2. The Bertz CT molecular complexity index is 1120. The van der Waals surface area contributed by atoms with Crippen molar-refractivity contribution in [2.75, 3.05) is 0 Å². The maximum absolute atomic E-state index is 12.4. The van der Waals surface area contributed by atoms with Gasteiger partial charge in [0.1, 0.15) is 5.75 Å². The van der Waals surface area contributed by atoms with E-state index < -0.39 is 0 Å². The zero-order valence-corrected chi connectivity index (χ0v) is 14.2. The van der Waals surface area contributed by atoms with Gasteiger partial charge in [0.05, 0.1) is 22.9 Å². The highest BCUT2D eigenvalue weighted by Gasteiger charge is 2.15. The summed E-state index contributed by atoms with van der Waals surface area (Å²) < 4.78 is 3.54. The van der Waals surface area contributed by atoms with Crippen LogP contribution in [0.25, 0.3) is 11.0 Å². The first-order chi connectivity index (χ1) is 12.0. The molecule has 1 unspecified atom stereocenters. The van der Waals surface area contributed by atoms with Crippen LogP contribution in [0.15, 0.2) is 47.7 Å². The Hall–Kier alpha value is -3.02. The van der Waals surface area contributed by atoms with Crippen LogP contribution in [0, 0.1) is 0 Å². The molecule has 128 valence electrons. The number of H-pyrrole nitrogens is 1. The normalized spacial score (nSPS) is 12.9. The number of rotatable bonds is 4. The van der Waals surface area contributed by atoms with E-state index >= 15 is 0 Å². The van der Waals surface area contributed by atoms with Crippen LogP contribution in [0.4, 0.5) is 0 Å². The first-order valence-electron chi connectivity index (χ1n) is 8.45. The second kappa shape index (κ2) is 5.81. The van der Waals surface area contributed by atoms with Gasteiger partial charge in [0.25, 0.3) is 0 Å². The van der Waals surface area contributed by atoms with Crippen LogP contribution in [0.2, 0.25) is 0 Å². The van der Waals surface area contributed by atoms with Gasteiger partial charge in [-0.1, -0.05) is 13.8 Å². The molecule has 0 saturated carbocycles. The van der Waals surface area contributed by atoms with Gasteiger partial charge in [-0.2, -0.15) is 5.10 Å². The van der Waals surface area contributed by atoms with Crippen LogP contribution >= 0.6 is 0 Å². The number of nitrogens with one attached hydrogen (secondary N) is 1. The predicted octanol–water partition coefficient (Wildman–Crippen LogP) is 2.89. The molecular formula is C19H20N4O2. The maximum atomic E-state index is 12.4. The molecule has 4 rings (SSSR count). The van der Waals surface area contributed by atoms with E-state index in [4.69, 9.17) is 0 Å². The minimum Gasteiger partial charge on any atom is -0.506 e. The molecule has 0 spiro atoms. The van der Waals surface area contributed by atoms with Crippen LogP contribution in [0.5, 0.6) is 5.75 Å². The molecule has 0 aromatic carbocycles. The highest BCUT2D eigenvalue weighted by atomic mass is 16.3. The number of nitrogens with zero attached hydrogens (tertiary/aromatic N) is 3. The van der Waals surface area contributed by atoms with Gasteiger partial charge >= 0.3 is 0 Å². The largest absolute Gasteiger partial charge is 0.506 e. The molecule has 0 radical (unpaired) electrons. The number of hydrogen-bond donors (Lipinski definition) is 2. The summed E-state index contributed by atoms with van der Waals surface area (Å²) in [4.78, 5) is 12.4. The van der Waals surface area contributed by atoms with Crippen LogP contribution in [-0.2, 0) is 12.8 Å². The van der Waals surface area contributed by atoms with Gasteiger partial charge in [-0.05, 0) is 42.5 Å². The van der Waals surface area contributed by atoms with Gasteiger partial charge in [-0.3, -0.25) is 9.31 Å². The Labute approximate surface area is 144 Å². The van der Waals surface area contributed by atoms with Crippen molar-refractivity contribution >= 4 is 11.0 Å². The van der Waals surface area contributed by atoms with Crippen LogP contribution in [0.3, 0.4) is 0 Å². The fraction of sp³-hybridized carbons (Fsp3) is 0.263. The molecule has 0 aliphatic rings. The number of aryl methyl sites for hydroxylation is 1. The van der Waals surface area contributed by atoms with Gasteiger partial charge in [-0.25, -0.2) is 4.52 Å². The molecule has 0 saturated heterocycles. The Morgan fingerprint density at radius 3 is 2.88 bits per heavy atom. The molecule has 0 amide bonds. The summed E-state index contributed by atoms with van der Waals surface area (Å²) >= 11 is 0. The van der Waals surface area contributed by atoms with E-state index in [1.807, 2.05) is 49.0 Å². The summed E-state index contributed by atoms with van der Waals surface area (Å²) in [7, 11) is 0. The summed E-state index contributed by atoms with van der Waals surface area (Å²) in [6.45, 7) is 4.04.